The Morgan fingerprint density at radius 2 is 1.76 bits per heavy atom. The second-order valence-corrected chi connectivity index (χ2v) is 8.65. The van der Waals surface area contributed by atoms with Gasteiger partial charge in [0.05, 0.1) is 17.3 Å². The van der Waals surface area contributed by atoms with E-state index < -0.39 is 17.7 Å². The number of nitriles is 1. The van der Waals surface area contributed by atoms with E-state index in [0.717, 1.165) is 40.0 Å². The number of hydrogen-bond donors (Lipinski definition) is 1. The zero-order valence-electron chi connectivity index (χ0n) is 19.9. The Balaban J connectivity index is 0.00000320. The summed E-state index contributed by atoms with van der Waals surface area (Å²) >= 11 is 0. The number of aromatic nitrogens is 2. The van der Waals surface area contributed by atoms with Crippen molar-refractivity contribution in [1.82, 2.24) is 15.1 Å². The Morgan fingerprint density at radius 1 is 1.03 bits per heavy atom. The monoisotopic (exact) mass is 520 g/mol. The molecule has 1 aliphatic heterocycles. The molecule has 2 amide bonds. The highest BCUT2D eigenvalue weighted by Crippen LogP contribution is 2.32. The number of fused-ring (bicyclic) bond motifs is 1. The van der Waals surface area contributed by atoms with Gasteiger partial charge in [-0.15, -0.1) is 22.6 Å². The minimum Gasteiger partial charge on any atom is -0.351 e. The number of carbonyl (C=O) groups is 1. The van der Waals surface area contributed by atoms with E-state index in [4.69, 9.17) is 5.26 Å². The maximum absolute atomic E-state index is 14.0. The first-order valence-electron chi connectivity index (χ1n) is 11.5. The molecule has 1 unspecified atom stereocenters. The molecule has 5 rings (SSSR count). The van der Waals surface area contributed by atoms with Crippen LogP contribution in [0.25, 0.3) is 22.0 Å². The fourth-order valence-electron chi connectivity index (χ4n) is 4.47. The van der Waals surface area contributed by atoms with Gasteiger partial charge in [0.1, 0.15) is 17.3 Å². The molecule has 0 aliphatic carbocycles. The molecule has 2 heterocycles. The van der Waals surface area contributed by atoms with E-state index in [0.29, 0.717) is 25.2 Å². The number of halogens is 3. The summed E-state index contributed by atoms with van der Waals surface area (Å²) in [5.41, 5.74) is 2.11. The van der Waals surface area contributed by atoms with Crippen LogP contribution in [-0.2, 0) is 0 Å². The number of anilines is 2. The van der Waals surface area contributed by atoms with Crippen LogP contribution in [0.3, 0.4) is 0 Å². The molecule has 37 heavy (non-hydrogen) atoms. The maximum atomic E-state index is 14.0. The Bertz CT molecular complexity index is 1490. The summed E-state index contributed by atoms with van der Waals surface area (Å²) in [4.78, 5) is 16.5. The van der Waals surface area contributed by atoms with Gasteiger partial charge in [-0.05, 0) is 31.2 Å². The standard InChI is InChI=1S/C27H22F2N6O.ClH/c1-17-16-34(12-13-35(17)27(36)31-24-11-10-20(28)14-23(24)29)26-22-5-3-2-4-21(22)25(32-33-26)19-8-6-18(15-30)7-9-19;/h2-11,14,17H,12-13,16H2,1H3,(H,31,36);1H. The summed E-state index contributed by atoms with van der Waals surface area (Å²) < 4.78 is 27.2. The highest BCUT2D eigenvalue weighted by atomic mass is 35.5. The molecule has 3 aromatic carbocycles. The van der Waals surface area contributed by atoms with Crippen LogP contribution < -0.4 is 10.2 Å². The first-order valence-corrected chi connectivity index (χ1v) is 11.5. The van der Waals surface area contributed by atoms with Gasteiger partial charge in [0.15, 0.2) is 5.82 Å². The number of nitrogens with one attached hydrogen (secondary N) is 1. The molecule has 0 radical (unpaired) electrons. The smallest absolute Gasteiger partial charge is 0.322 e. The Kier molecular flexibility index (Phi) is 7.50. The number of piperazine rings is 1. The number of urea groups is 1. The average Bonchev–Trinajstić information content (AvgIpc) is 2.89. The molecule has 1 fully saturated rings. The third-order valence-corrected chi connectivity index (χ3v) is 6.32. The maximum Gasteiger partial charge on any atom is 0.322 e. The zero-order valence-corrected chi connectivity index (χ0v) is 20.7. The van der Waals surface area contributed by atoms with E-state index in [1.165, 1.54) is 6.07 Å². The first-order chi connectivity index (χ1) is 17.4. The highest BCUT2D eigenvalue weighted by Gasteiger charge is 2.30. The van der Waals surface area contributed by atoms with E-state index in [1.54, 1.807) is 17.0 Å². The fraction of sp³-hybridized carbons (Fsp3) is 0.185. The van der Waals surface area contributed by atoms with Crippen molar-refractivity contribution in [2.45, 2.75) is 13.0 Å². The molecule has 7 nitrogen and oxygen atoms in total. The van der Waals surface area contributed by atoms with Crippen molar-refractivity contribution in [2.24, 2.45) is 0 Å². The average molecular weight is 521 g/mol. The summed E-state index contributed by atoms with van der Waals surface area (Å²) in [7, 11) is 0. The highest BCUT2D eigenvalue weighted by molar-refractivity contribution is 6.00. The van der Waals surface area contributed by atoms with Gasteiger partial charge in [0.2, 0.25) is 0 Å². The molecule has 0 saturated carbocycles. The molecule has 1 aromatic heterocycles. The minimum atomic E-state index is -0.821. The molecule has 4 aromatic rings. The molecule has 1 saturated heterocycles. The van der Waals surface area contributed by atoms with Crippen molar-refractivity contribution >= 4 is 40.7 Å². The van der Waals surface area contributed by atoms with Crippen molar-refractivity contribution in [1.29, 1.82) is 5.26 Å². The van der Waals surface area contributed by atoms with Crippen molar-refractivity contribution in [3.8, 4) is 17.3 Å². The largest absolute Gasteiger partial charge is 0.351 e. The van der Waals surface area contributed by atoms with Gasteiger partial charge in [-0.1, -0.05) is 36.4 Å². The van der Waals surface area contributed by atoms with E-state index in [1.807, 2.05) is 43.3 Å². The molecular weight excluding hydrogens is 498 g/mol. The summed E-state index contributed by atoms with van der Waals surface area (Å²) in [6.45, 7) is 3.32. The number of nitrogens with zero attached hydrogens (tertiary/aromatic N) is 5. The second-order valence-electron chi connectivity index (χ2n) is 8.65. The topological polar surface area (TPSA) is 85.2 Å². The summed E-state index contributed by atoms with van der Waals surface area (Å²) in [6, 6.07) is 19.6. The molecular formula is C27H23ClF2N6O. The van der Waals surface area contributed by atoms with E-state index in [9.17, 15) is 13.6 Å². The third-order valence-electron chi connectivity index (χ3n) is 6.32. The minimum absolute atomic E-state index is 0. The molecule has 188 valence electrons. The van der Waals surface area contributed by atoms with Gasteiger partial charge in [0.25, 0.3) is 0 Å². The number of carbonyl (C=O) groups excluding carboxylic acids is 1. The van der Waals surface area contributed by atoms with Crippen LogP contribution in [0.15, 0.2) is 66.7 Å². The normalized spacial score (nSPS) is 15.1. The predicted molar refractivity (Wildman–Crippen MR) is 141 cm³/mol. The predicted octanol–water partition coefficient (Wildman–Crippen LogP) is 5.61. The van der Waals surface area contributed by atoms with Crippen LogP contribution in [0.4, 0.5) is 25.1 Å². The molecule has 1 N–H and O–H groups in total. The number of hydrogen-bond acceptors (Lipinski definition) is 5. The van der Waals surface area contributed by atoms with E-state index >= 15 is 0 Å². The third kappa shape index (κ3) is 5.15. The van der Waals surface area contributed by atoms with Crippen LogP contribution >= 0.6 is 12.4 Å². The quantitative estimate of drug-likeness (QED) is 0.379. The van der Waals surface area contributed by atoms with Crippen molar-refractivity contribution < 1.29 is 13.6 Å². The fourth-order valence-corrected chi connectivity index (χ4v) is 4.47. The Hall–Kier alpha value is -4.29. The number of benzene rings is 3. The van der Waals surface area contributed by atoms with Gasteiger partial charge < -0.3 is 15.1 Å². The molecule has 10 heteroatoms. The van der Waals surface area contributed by atoms with Crippen LogP contribution in [0, 0.1) is 23.0 Å². The SMILES string of the molecule is CC1CN(c2nnc(-c3ccc(C#N)cc3)c3ccccc23)CCN1C(=O)Nc1ccc(F)cc1F.Cl. The molecule has 0 bridgehead atoms. The van der Waals surface area contributed by atoms with Crippen LogP contribution in [0.5, 0.6) is 0 Å². The molecule has 1 atom stereocenters. The van der Waals surface area contributed by atoms with Gasteiger partial charge >= 0.3 is 6.03 Å². The lowest BCUT2D eigenvalue weighted by molar-refractivity contribution is 0.184. The van der Waals surface area contributed by atoms with Gasteiger partial charge in [0, 0.05) is 48.1 Å². The second kappa shape index (κ2) is 10.8. The lowest BCUT2D eigenvalue weighted by atomic mass is 10.0. The molecule has 1 aliphatic rings. The van der Waals surface area contributed by atoms with Crippen molar-refractivity contribution in [3.63, 3.8) is 0 Å². The summed E-state index contributed by atoms with van der Waals surface area (Å²) in [6.07, 6.45) is 0. The first kappa shape index (κ1) is 25.8. The van der Waals surface area contributed by atoms with Crippen LogP contribution in [-0.4, -0.2) is 46.8 Å². The van der Waals surface area contributed by atoms with Crippen LogP contribution in [0.1, 0.15) is 12.5 Å². The van der Waals surface area contributed by atoms with Gasteiger partial charge in [-0.25, -0.2) is 13.6 Å². The lowest BCUT2D eigenvalue weighted by Gasteiger charge is -2.40. The van der Waals surface area contributed by atoms with Crippen molar-refractivity contribution in [2.75, 3.05) is 29.9 Å². The van der Waals surface area contributed by atoms with Crippen LogP contribution in [0.2, 0.25) is 0 Å². The molecule has 0 spiro atoms. The van der Waals surface area contributed by atoms with Gasteiger partial charge in [-0.2, -0.15) is 5.26 Å². The Labute approximate surface area is 218 Å². The summed E-state index contributed by atoms with van der Waals surface area (Å²) in [5, 5.41) is 22.6. The van der Waals surface area contributed by atoms with E-state index in [2.05, 4.69) is 26.5 Å². The summed E-state index contributed by atoms with van der Waals surface area (Å²) in [5.74, 6) is -0.802. The lowest BCUT2D eigenvalue weighted by Crippen LogP contribution is -2.55. The van der Waals surface area contributed by atoms with Gasteiger partial charge in [-0.3, -0.25) is 0 Å². The zero-order chi connectivity index (χ0) is 25.2. The number of amides is 2. The number of rotatable bonds is 3. The van der Waals surface area contributed by atoms with Crippen molar-refractivity contribution in [3.05, 3.63) is 83.9 Å². The Morgan fingerprint density at radius 3 is 2.43 bits per heavy atom. The van der Waals surface area contributed by atoms with E-state index in [-0.39, 0.29) is 24.1 Å².